The van der Waals surface area contributed by atoms with Crippen molar-refractivity contribution < 1.29 is 9.53 Å². The molecule has 0 bridgehead atoms. The average Bonchev–Trinajstić information content (AvgIpc) is 2.92. The van der Waals surface area contributed by atoms with E-state index >= 15 is 0 Å². The van der Waals surface area contributed by atoms with Gasteiger partial charge in [-0.05, 0) is 50.5 Å². The average molecular weight is 286 g/mol. The first-order valence-corrected chi connectivity index (χ1v) is 7.29. The fraction of sp³-hybridized carbons (Fsp3) is 0.412. The van der Waals surface area contributed by atoms with Crippen LogP contribution in [0.3, 0.4) is 0 Å². The van der Waals surface area contributed by atoms with Gasteiger partial charge in [-0.15, -0.1) is 0 Å². The third-order valence-electron chi connectivity index (χ3n) is 3.85. The number of methoxy groups -OCH3 is 1. The first-order valence-electron chi connectivity index (χ1n) is 7.29. The van der Waals surface area contributed by atoms with Gasteiger partial charge in [-0.2, -0.15) is 5.10 Å². The topological polar surface area (TPSA) is 44.1 Å². The molecule has 0 unspecified atom stereocenters. The van der Waals surface area contributed by atoms with Crippen molar-refractivity contribution in [3.05, 3.63) is 46.3 Å². The molecular formula is C17H22N2O2. The summed E-state index contributed by atoms with van der Waals surface area (Å²) in [6.07, 6.45) is 0.817. The maximum atomic E-state index is 12.9. The molecule has 4 heteroatoms. The number of aryl methyl sites for hydroxylation is 3. The number of ketones is 1. The third kappa shape index (κ3) is 2.71. The highest BCUT2D eigenvalue weighted by atomic mass is 16.5. The van der Waals surface area contributed by atoms with Crippen molar-refractivity contribution in [2.75, 3.05) is 7.11 Å². The standard InChI is InChI=1S/C17H22N2O2/c1-6-13-10-15(19(7-2)18-13)16(20)14-9-8-11(3)12(4)17(14)21-5/h8-10H,6-7H2,1-5H3. The van der Waals surface area contributed by atoms with Gasteiger partial charge in [0.2, 0.25) is 5.78 Å². The number of benzene rings is 1. The van der Waals surface area contributed by atoms with Gasteiger partial charge in [0.1, 0.15) is 11.4 Å². The molecule has 0 aliphatic rings. The van der Waals surface area contributed by atoms with Gasteiger partial charge in [0.25, 0.3) is 0 Å². The van der Waals surface area contributed by atoms with Crippen LogP contribution in [0.2, 0.25) is 0 Å². The molecule has 0 saturated carbocycles. The first-order chi connectivity index (χ1) is 10.0. The second-order valence-corrected chi connectivity index (χ2v) is 5.11. The molecule has 112 valence electrons. The zero-order valence-corrected chi connectivity index (χ0v) is 13.4. The lowest BCUT2D eigenvalue weighted by atomic mass is 10.00. The van der Waals surface area contributed by atoms with Crippen LogP contribution in [-0.2, 0) is 13.0 Å². The number of aromatic nitrogens is 2. The number of ether oxygens (including phenoxy) is 1. The summed E-state index contributed by atoms with van der Waals surface area (Å²) in [4.78, 5) is 12.9. The predicted molar refractivity (Wildman–Crippen MR) is 83.2 cm³/mol. The highest BCUT2D eigenvalue weighted by Crippen LogP contribution is 2.28. The molecule has 0 amide bonds. The second kappa shape index (κ2) is 6.12. The van der Waals surface area contributed by atoms with E-state index in [1.54, 1.807) is 11.8 Å². The van der Waals surface area contributed by atoms with Crippen molar-refractivity contribution in [2.24, 2.45) is 0 Å². The van der Waals surface area contributed by atoms with Gasteiger partial charge in [0, 0.05) is 6.54 Å². The smallest absolute Gasteiger partial charge is 0.214 e. The highest BCUT2D eigenvalue weighted by molar-refractivity contribution is 6.10. The zero-order chi connectivity index (χ0) is 15.6. The van der Waals surface area contributed by atoms with E-state index in [0.717, 1.165) is 23.2 Å². The zero-order valence-electron chi connectivity index (χ0n) is 13.4. The summed E-state index contributed by atoms with van der Waals surface area (Å²) in [5.41, 5.74) is 4.26. The minimum Gasteiger partial charge on any atom is -0.496 e. The van der Waals surface area contributed by atoms with Gasteiger partial charge in [0.15, 0.2) is 0 Å². The van der Waals surface area contributed by atoms with Crippen LogP contribution in [0.25, 0.3) is 0 Å². The maximum absolute atomic E-state index is 12.9. The lowest BCUT2D eigenvalue weighted by molar-refractivity contribution is 0.102. The maximum Gasteiger partial charge on any atom is 0.214 e. The Hall–Kier alpha value is -2.10. The van der Waals surface area contributed by atoms with E-state index < -0.39 is 0 Å². The number of hydrogen-bond acceptors (Lipinski definition) is 3. The normalized spacial score (nSPS) is 10.7. The Balaban J connectivity index is 2.55. The van der Waals surface area contributed by atoms with Gasteiger partial charge in [-0.25, -0.2) is 0 Å². The van der Waals surface area contributed by atoms with Gasteiger partial charge >= 0.3 is 0 Å². The number of hydrogen-bond donors (Lipinski definition) is 0. The van der Waals surface area contributed by atoms with E-state index in [4.69, 9.17) is 4.74 Å². The van der Waals surface area contributed by atoms with Crippen LogP contribution in [0.15, 0.2) is 18.2 Å². The minimum absolute atomic E-state index is 0.0380. The molecule has 0 atom stereocenters. The lowest BCUT2D eigenvalue weighted by Gasteiger charge is -2.13. The quantitative estimate of drug-likeness (QED) is 0.792. The summed E-state index contributed by atoms with van der Waals surface area (Å²) in [6, 6.07) is 5.67. The van der Waals surface area contributed by atoms with Crippen LogP contribution in [0, 0.1) is 13.8 Å². The van der Waals surface area contributed by atoms with Gasteiger partial charge in [-0.1, -0.05) is 13.0 Å². The summed E-state index contributed by atoms with van der Waals surface area (Å²) in [7, 11) is 1.60. The monoisotopic (exact) mass is 286 g/mol. The van der Waals surface area contributed by atoms with E-state index in [1.807, 2.05) is 45.9 Å². The molecule has 0 spiro atoms. The van der Waals surface area contributed by atoms with E-state index in [0.29, 0.717) is 23.6 Å². The van der Waals surface area contributed by atoms with Crippen LogP contribution < -0.4 is 4.74 Å². The van der Waals surface area contributed by atoms with Crippen LogP contribution in [0.1, 0.15) is 46.7 Å². The highest BCUT2D eigenvalue weighted by Gasteiger charge is 2.21. The molecule has 0 aliphatic heterocycles. The summed E-state index contributed by atoms with van der Waals surface area (Å²) in [5.74, 6) is 0.617. The minimum atomic E-state index is -0.0380. The van der Waals surface area contributed by atoms with Gasteiger partial charge < -0.3 is 4.74 Å². The number of rotatable bonds is 5. The van der Waals surface area contributed by atoms with Crippen LogP contribution in [-0.4, -0.2) is 22.7 Å². The second-order valence-electron chi connectivity index (χ2n) is 5.11. The molecular weight excluding hydrogens is 264 g/mol. The van der Waals surface area contributed by atoms with E-state index in [9.17, 15) is 4.79 Å². The first kappa shape index (κ1) is 15.3. The molecule has 0 N–H and O–H groups in total. The summed E-state index contributed by atoms with van der Waals surface area (Å²) in [5, 5.41) is 4.44. The van der Waals surface area contributed by atoms with Gasteiger partial charge in [-0.3, -0.25) is 9.48 Å². The molecule has 1 heterocycles. The molecule has 2 rings (SSSR count). The van der Waals surface area contributed by atoms with Crippen molar-refractivity contribution in [1.82, 2.24) is 9.78 Å². The molecule has 1 aromatic carbocycles. The van der Waals surface area contributed by atoms with Crippen molar-refractivity contribution in [1.29, 1.82) is 0 Å². The Morgan fingerprint density at radius 3 is 2.57 bits per heavy atom. The fourth-order valence-electron chi connectivity index (χ4n) is 2.44. The van der Waals surface area contributed by atoms with E-state index in [1.165, 1.54) is 0 Å². The van der Waals surface area contributed by atoms with Crippen molar-refractivity contribution in [2.45, 2.75) is 40.7 Å². The molecule has 21 heavy (non-hydrogen) atoms. The Morgan fingerprint density at radius 2 is 2.00 bits per heavy atom. The summed E-state index contributed by atoms with van der Waals surface area (Å²) >= 11 is 0. The molecule has 1 aromatic heterocycles. The largest absolute Gasteiger partial charge is 0.496 e. The Bertz CT molecular complexity index is 672. The van der Waals surface area contributed by atoms with Crippen LogP contribution in [0.5, 0.6) is 5.75 Å². The SMILES string of the molecule is CCc1cc(C(=O)c2ccc(C)c(C)c2OC)n(CC)n1. The van der Waals surface area contributed by atoms with E-state index in [-0.39, 0.29) is 5.78 Å². The van der Waals surface area contributed by atoms with E-state index in [2.05, 4.69) is 5.10 Å². The lowest BCUT2D eigenvalue weighted by Crippen LogP contribution is -2.12. The molecule has 0 saturated heterocycles. The molecule has 2 aromatic rings. The molecule has 4 nitrogen and oxygen atoms in total. The van der Waals surface area contributed by atoms with Crippen molar-refractivity contribution >= 4 is 5.78 Å². The van der Waals surface area contributed by atoms with Crippen LogP contribution in [0.4, 0.5) is 0 Å². The predicted octanol–water partition coefficient (Wildman–Crippen LogP) is 3.32. The molecule has 0 radical (unpaired) electrons. The number of carbonyl (C=O) groups is 1. The summed E-state index contributed by atoms with van der Waals surface area (Å²) in [6.45, 7) is 8.68. The van der Waals surface area contributed by atoms with Gasteiger partial charge in [0.05, 0.1) is 18.4 Å². The number of nitrogens with zero attached hydrogens (tertiary/aromatic N) is 2. The Labute approximate surface area is 125 Å². The molecule has 0 aliphatic carbocycles. The van der Waals surface area contributed by atoms with Crippen molar-refractivity contribution in [3.8, 4) is 5.75 Å². The van der Waals surface area contributed by atoms with Crippen LogP contribution >= 0.6 is 0 Å². The molecule has 0 fully saturated rings. The number of carbonyl (C=O) groups excluding carboxylic acids is 1. The Kier molecular flexibility index (Phi) is 4.46. The fourth-order valence-corrected chi connectivity index (χ4v) is 2.44. The summed E-state index contributed by atoms with van der Waals surface area (Å²) < 4.78 is 7.22. The van der Waals surface area contributed by atoms with Crippen molar-refractivity contribution in [3.63, 3.8) is 0 Å². The Morgan fingerprint density at radius 1 is 1.29 bits per heavy atom. The third-order valence-corrected chi connectivity index (χ3v) is 3.85.